The molecule has 0 amide bonds. The van der Waals surface area contributed by atoms with Gasteiger partial charge in [-0.3, -0.25) is 4.98 Å². The number of aromatic nitrogens is 2. The Morgan fingerprint density at radius 3 is 2.83 bits per heavy atom. The monoisotopic (exact) mass is 338 g/mol. The number of hydrogen-bond acceptors (Lipinski definition) is 7. The van der Waals surface area contributed by atoms with Gasteiger partial charge in [0.2, 0.25) is 5.95 Å². The number of aliphatic hydroxyl groups excluding tert-OH is 3. The quantitative estimate of drug-likeness (QED) is 0.713. The number of nitrogens with zero attached hydrogens (tertiary/aromatic N) is 2. The molecule has 2 aromatic heterocycles. The Labute approximate surface area is 136 Å². The standard InChI is InChI=1S/C15H15FN2O4S/c16-14-10(2-1-3-18-14)8-4-9(6-17-5-8)22-15-13(21)12(20)11(19)7-23-15/h1-6,11-13,15,19-21H,7H2/t11-,12+,13-,15+/m1/s1. The third-order valence-corrected chi connectivity index (χ3v) is 4.73. The molecule has 1 aliphatic rings. The van der Waals surface area contributed by atoms with Crippen LogP contribution in [-0.4, -0.2) is 54.8 Å². The summed E-state index contributed by atoms with van der Waals surface area (Å²) in [4.78, 5) is 7.60. The van der Waals surface area contributed by atoms with Crippen LogP contribution in [0.3, 0.4) is 0 Å². The van der Waals surface area contributed by atoms with Crippen LogP contribution in [0.15, 0.2) is 36.8 Å². The summed E-state index contributed by atoms with van der Waals surface area (Å²) in [6.45, 7) is 0. The van der Waals surface area contributed by atoms with Crippen molar-refractivity contribution in [1.82, 2.24) is 9.97 Å². The van der Waals surface area contributed by atoms with Crippen LogP contribution >= 0.6 is 11.8 Å². The zero-order valence-corrected chi connectivity index (χ0v) is 12.7. The van der Waals surface area contributed by atoms with Crippen molar-refractivity contribution >= 4 is 11.8 Å². The number of aliphatic hydroxyl groups is 3. The van der Waals surface area contributed by atoms with E-state index in [1.807, 2.05) is 0 Å². The first kappa shape index (κ1) is 16.1. The van der Waals surface area contributed by atoms with E-state index in [2.05, 4.69) is 9.97 Å². The van der Waals surface area contributed by atoms with Crippen LogP contribution in [0.1, 0.15) is 0 Å². The fourth-order valence-corrected chi connectivity index (χ4v) is 3.37. The first-order valence-corrected chi connectivity index (χ1v) is 7.99. The summed E-state index contributed by atoms with van der Waals surface area (Å²) in [7, 11) is 0. The van der Waals surface area contributed by atoms with Gasteiger partial charge in [-0.1, -0.05) is 0 Å². The molecule has 1 aliphatic heterocycles. The summed E-state index contributed by atoms with van der Waals surface area (Å²) in [5.74, 6) is -0.0456. The second kappa shape index (κ2) is 6.79. The summed E-state index contributed by atoms with van der Waals surface area (Å²) in [5.41, 5.74) is 0.0333. The van der Waals surface area contributed by atoms with Gasteiger partial charge >= 0.3 is 0 Å². The van der Waals surface area contributed by atoms with Gasteiger partial charge in [-0.15, -0.1) is 11.8 Å². The molecule has 0 bridgehead atoms. The SMILES string of the molecule is O[C@@H]1[C@@H](O)[C@@H](Oc2cncc(-c3cccnc3F)c2)SC[C@H]1O. The molecule has 0 aromatic carbocycles. The number of pyridine rings is 2. The Hall–Kier alpha value is -1.74. The lowest BCUT2D eigenvalue weighted by molar-refractivity contribution is -0.0786. The van der Waals surface area contributed by atoms with E-state index in [1.165, 1.54) is 30.4 Å². The van der Waals surface area contributed by atoms with Crippen LogP contribution in [0.2, 0.25) is 0 Å². The van der Waals surface area contributed by atoms with Crippen molar-refractivity contribution in [3.63, 3.8) is 0 Å². The highest BCUT2D eigenvalue weighted by molar-refractivity contribution is 7.99. The third-order valence-electron chi connectivity index (χ3n) is 3.49. The largest absolute Gasteiger partial charge is 0.475 e. The molecule has 0 unspecified atom stereocenters. The van der Waals surface area contributed by atoms with Crippen molar-refractivity contribution < 1.29 is 24.4 Å². The van der Waals surface area contributed by atoms with E-state index in [0.29, 0.717) is 11.3 Å². The Morgan fingerprint density at radius 1 is 1.22 bits per heavy atom. The molecule has 1 fully saturated rings. The van der Waals surface area contributed by atoms with Gasteiger partial charge in [-0.25, -0.2) is 4.98 Å². The first-order chi connectivity index (χ1) is 11.1. The first-order valence-electron chi connectivity index (χ1n) is 6.94. The molecule has 122 valence electrons. The highest BCUT2D eigenvalue weighted by Crippen LogP contribution is 2.30. The van der Waals surface area contributed by atoms with E-state index in [-0.39, 0.29) is 11.3 Å². The molecular weight excluding hydrogens is 323 g/mol. The van der Waals surface area contributed by atoms with Crippen molar-refractivity contribution in [3.8, 4) is 16.9 Å². The number of rotatable bonds is 3. The van der Waals surface area contributed by atoms with Crippen molar-refractivity contribution in [2.24, 2.45) is 0 Å². The van der Waals surface area contributed by atoms with Gasteiger partial charge in [0.05, 0.1) is 12.3 Å². The van der Waals surface area contributed by atoms with E-state index < -0.39 is 29.7 Å². The highest BCUT2D eigenvalue weighted by atomic mass is 32.2. The molecule has 0 radical (unpaired) electrons. The minimum absolute atomic E-state index is 0.243. The van der Waals surface area contributed by atoms with Gasteiger partial charge in [0.25, 0.3) is 0 Å². The smallest absolute Gasteiger partial charge is 0.220 e. The van der Waals surface area contributed by atoms with Gasteiger partial charge < -0.3 is 20.1 Å². The van der Waals surface area contributed by atoms with Gasteiger partial charge in [-0.2, -0.15) is 4.39 Å². The lowest BCUT2D eigenvalue weighted by atomic mass is 10.1. The lowest BCUT2D eigenvalue weighted by Crippen LogP contribution is -2.50. The van der Waals surface area contributed by atoms with Crippen molar-refractivity contribution in [1.29, 1.82) is 0 Å². The summed E-state index contributed by atoms with van der Waals surface area (Å²) in [6, 6.07) is 4.77. The molecule has 0 saturated carbocycles. The normalized spacial score (nSPS) is 27.7. The maximum Gasteiger partial charge on any atom is 0.220 e. The lowest BCUT2D eigenvalue weighted by Gasteiger charge is -2.34. The molecule has 4 atom stereocenters. The van der Waals surface area contributed by atoms with Gasteiger partial charge in [0.1, 0.15) is 18.0 Å². The molecule has 0 aliphatic carbocycles. The van der Waals surface area contributed by atoms with E-state index in [9.17, 15) is 19.7 Å². The summed E-state index contributed by atoms with van der Waals surface area (Å²) in [6.07, 6.45) is 0.770. The fourth-order valence-electron chi connectivity index (χ4n) is 2.25. The predicted molar refractivity (Wildman–Crippen MR) is 82.3 cm³/mol. The zero-order chi connectivity index (χ0) is 16.4. The summed E-state index contributed by atoms with van der Waals surface area (Å²) < 4.78 is 19.4. The summed E-state index contributed by atoms with van der Waals surface area (Å²) in [5, 5.41) is 29.2. The Balaban J connectivity index is 1.80. The van der Waals surface area contributed by atoms with Crippen molar-refractivity contribution in [2.45, 2.75) is 23.7 Å². The average Bonchev–Trinajstić information content (AvgIpc) is 2.56. The molecule has 0 spiro atoms. The molecule has 3 N–H and O–H groups in total. The number of hydrogen-bond donors (Lipinski definition) is 3. The van der Waals surface area contributed by atoms with Crippen LogP contribution in [0, 0.1) is 5.95 Å². The van der Waals surface area contributed by atoms with Crippen LogP contribution in [-0.2, 0) is 0 Å². The highest BCUT2D eigenvalue weighted by Gasteiger charge is 2.38. The minimum Gasteiger partial charge on any atom is -0.475 e. The van der Waals surface area contributed by atoms with E-state index in [0.717, 1.165) is 0 Å². The van der Waals surface area contributed by atoms with Crippen LogP contribution in [0.25, 0.3) is 11.1 Å². The van der Waals surface area contributed by atoms with Crippen molar-refractivity contribution in [2.75, 3.05) is 5.75 Å². The van der Waals surface area contributed by atoms with Crippen molar-refractivity contribution in [3.05, 3.63) is 42.7 Å². The van der Waals surface area contributed by atoms with Gasteiger partial charge in [0.15, 0.2) is 5.44 Å². The van der Waals surface area contributed by atoms with E-state index >= 15 is 0 Å². The molecule has 3 rings (SSSR count). The number of halogens is 1. The Bertz CT molecular complexity index is 690. The van der Waals surface area contributed by atoms with E-state index in [4.69, 9.17) is 4.74 Å². The maximum absolute atomic E-state index is 13.7. The Morgan fingerprint density at radius 2 is 2.04 bits per heavy atom. The molecule has 1 saturated heterocycles. The second-order valence-electron chi connectivity index (χ2n) is 5.12. The average molecular weight is 338 g/mol. The fraction of sp³-hybridized carbons (Fsp3) is 0.333. The van der Waals surface area contributed by atoms with Gasteiger partial charge in [0, 0.05) is 29.3 Å². The molecular formula is C15H15FN2O4S. The molecule has 3 heterocycles. The Kier molecular flexibility index (Phi) is 4.76. The van der Waals surface area contributed by atoms with Crippen LogP contribution < -0.4 is 4.74 Å². The summed E-state index contributed by atoms with van der Waals surface area (Å²) >= 11 is 1.19. The van der Waals surface area contributed by atoms with E-state index in [1.54, 1.807) is 18.2 Å². The molecule has 6 nitrogen and oxygen atoms in total. The topological polar surface area (TPSA) is 95.7 Å². The second-order valence-corrected chi connectivity index (χ2v) is 6.25. The van der Waals surface area contributed by atoms with Gasteiger partial charge in [-0.05, 0) is 18.2 Å². The molecule has 8 heteroatoms. The molecule has 2 aromatic rings. The number of thioether (sulfide) groups is 1. The minimum atomic E-state index is -1.27. The van der Waals surface area contributed by atoms with Crippen LogP contribution in [0.4, 0.5) is 4.39 Å². The third kappa shape index (κ3) is 3.45. The zero-order valence-electron chi connectivity index (χ0n) is 11.9. The number of ether oxygens (including phenoxy) is 1. The predicted octanol–water partition coefficient (Wildman–Crippen LogP) is 0.817. The molecule has 23 heavy (non-hydrogen) atoms. The van der Waals surface area contributed by atoms with Crippen LogP contribution in [0.5, 0.6) is 5.75 Å². The maximum atomic E-state index is 13.7.